The molecule has 0 aromatic carbocycles. The Labute approximate surface area is 119 Å². The maximum absolute atomic E-state index is 12.0. The third-order valence-electron chi connectivity index (χ3n) is 3.45. The number of aryl methyl sites for hydroxylation is 1. The monoisotopic (exact) mass is 290 g/mol. The number of carbonyl (C=O) groups excluding carboxylic acids is 1. The second-order valence-electron chi connectivity index (χ2n) is 4.92. The molecule has 2 N–H and O–H groups in total. The number of carboxylic acids is 1. The van der Waals surface area contributed by atoms with Gasteiger partial charge in [-0.25, -0.2) is 9.48 Å². The fraction of sp³-hybridized carbons (Fsp3) is 0.385. The van der Waals surface area contributed by atoms with Crippen LogP contribution in [0.5, 0.6) is 0 Å². The zero-order chi connectivity index (χ0) is 14.8. The number of nitrogens with zero attached hydrogens (tertiary/aromatic N) is 3. The Morgan fingerprint density at radius 1 is 1.52 bits per heavy atom. The Bertz CT molecular complexity index is 675. The average Bonchev–Trinajstić information content (AvgIpc) is 3.07. The fourth-order valence-electron chi connectivity index (χ4n) is 2.50. The van der Waals surface area contributed by atoms with Crippen LogP contribution in [-0.4, -0.2) is 32.0 Å². The first-order chi connectivity index (χ1) is 10.1. The molecule has 8 heteroatoms. The average molecular weight is 290 g/mol. The molecule has 8 nitrogen and oxygen atoms in total. The van der Waals surface area contributed by atoms with E-state index in [0.29, 0.717) is 0 Å². The first kappa shape index (κ1) is 13.3. The Morgan fingerprint density at radius 3 is 3.14 bits per heavy atom. The number of amides is 1. The number of rotatable bonds is 4. The van der Waals surface area contributed by atoms with Gasteiger partial charge in [-0.05, 0) is 18.9 Å². The minimum atomic E-state index is -1.17. The van der Waals surface area contributed by atoms with Crippen LogP contribution in [0.25, 0.3) is 0 Å². The highest BCUT2D eigenvalue weighted by molar-refractivity contribution is 5.84. The zero-order valence-electron chi connectivity index (χ0n) is 11.2. The molecule has 0 radical (unpaired) electrons. The summed E-state index contributed by atoms with van der Waals surface area (Å²) in [7, 11) is 0. The van der Waals surface area contributed by atoms with E-state index in [-0.39, 0.29) is 24.2 Å². The van der Waals surface area contributed by atoms with E-state index in [2.05, 4.69) is 15.6 Å². The van der Waals surface area contributed by atoms with Crippen molar-refractivity contribution in [3.63, 3.8) is 0 Å². The van der Waals surface area contributed by atoms with Crippen LogP contribution >= 0.6 is 0 Å². The van der Waals surface area contributed by atoms with Crippen LogP contribution < -0.4 is 5.32 Å². The smallest absolute Gasteiger partial charge is 0.358 e. The lowest BCUT2D eigenvalue weighted by atomic mass is 9.93. The third kappa shape index (κ3) is 2.78. The van der Waals surface area contributed by atoms with E-state index in [1.165, 1.54) is 10.9 Å². The van der Waals surface area contributed by atoms with Crippen molar-refractivity contribution < 1.29 is 19.1 Å². The summed E-state index contributed by atoms with van der Waals surface area (Å²) < 4.78 is 6.58. The molecule has 21 heavy (non-hydrogen) atoms. The molecule has 110 valence electrons. The van der Waals surface area contributed by atoms with E-state index in [0.717, 1.165) is 30.6 Å². The fourth-order valence-corrected chi connectivity index (χ4v) is 2.50. The van der Waals surface area contributed by atoms with Gasteiger partial charge in [-0.2, -0.15) is 0 Å². The summed E-state index contributed by atoms with van der Waals surface area (Å²) in [6, 6.07) is 1.81. The molecule has 2 aromatic heterocycles. The van der Waals surface area contributed by atoms with E-state index >= 15 is 0 Å². The van der Waals surface area contributed by atoms with Gasteiger partial charge in [-0.15, -0.1) is 5.10 Å². The molecule has 1 aliphatic rings. The van der Waals surface area contributed by atoms with Gasteiger partial charge in [-0.3, -0.25) is 4.79 Å². The summed E-state index contributed by atoms with van der Waals surface area (Å²) in [4.78, 5) is 22.7. The lowest BCUT2D eigenvalue weighted by Crippen LogP contribution is -2.33. The van der Waals surface area contributed by atoms with E-state index in [9.17, 15) is 9.59 Å². The van der Waals surface area contributed by atoms with Gasteiger partial charge in [-0.1, -0.05) is 5.21 Å². The summed E-state index contributed by atoms with van der Waals surface area (Å²) in [5, 5.41) is 18.7. The van der Waals surface area contributed by atoms with E-state index < -0.39 is 5.97 Å². The highest BCUT2D eigenvalue weighted by Gasteiger charge is 2.24. The zero-order valence-corrected chi connectivity index (χ0v) is 11.2. The Balaban J connectivity index is 1.63. The van der Waals surface area contributed by atoms with Crippen LogP contribution in [0.4, 0.5) is 0 Å². The van der Waals surface area contributed by atoms with Crippen LogP contribution in [0.3, 0.4) is 0 Å². The van der Waals surface area contributed by atoms with Gasteiger partial charge in [0.15, 0.2) is 5.69 Å². The highest BCUT2D eigenvalue weighted by Crippen LogP contribution is 2.30. The summed E-state index contributed by atoms with van der Waals surface area (Å²) >= 11 is 0. The van der Waals surface area contributed by atoms with Crippen molar-refractivity contribution >= 4 is 11.9 Å². The van der Waals surface area contributed by atoms with Crippen molar-refractivity contribution in [3.8, 4) is 0 Å². The van der Waals surface area contributed by atoms with Gasteiger partial charge in [0.1, 0.15) is 12.3 Å². The largest absolute Gasteiger partial charge is 0.476 e. The standard InChI is InChI=1S/C13H14N4O4/c18-12(7-17-6-10(13(19)20)15-16-17)14-9-2-1-3-11-8(9)4-5-21-11/h4-6,9H,1-3,7H2,(H,14,18)(H,19,20). The maximum atomic E-state index is 12.0. The molecule has 0 fully saturated rings. The predicted molar refractivity (Wildman–Crippen MR) is 69.5 cm³/mol. The summed E-state index contributed by atoms with van der Waals surface area (Å²) in [6.07, 6.45) is 5.56. The lowest BCUT2D eigenvalue weighted by Gasteiger charge is -2.22. The molecule has 1 unspecified atom stereocenters. The van der Waals surface area contributed by atoms with Crippen LogP contribution in [0, 0.1) is 0 Å². The summed E-state index contributed by atoms with van der Waals surface area (Å²) in [5.41, 5.74) is 0.831. The molecule has 1 atom stereocenters. The molecule has 1 amide bonds. The molecule has 0 bridgehead atoms. The van der Waals surface area contributed by atoms with Gasteiger partial charge in [0, 0.05) is 12.0 Å². The van der Waals surface area contributed by atoms with Crippen molar-refractivity contribution in [1.82, 2.24) is 20.3 Å². The number of nitrogens with one attached hydrogen (secondary N) is 1. The Kier molecular flexibility index (Phi) is 3.43. The Morgan fingerprint density at radius 2 is 2.38 bits per heavy atom. The van der Waals surface area contributed by atoms with Crippen molar-refractivity contribution in [2.75, 3.05) is 0 Å². The molecule has 0 saturated carbocycles. The van der Waals surface area contributed by atoms with Crippen LogP contribution in [0.2, 0.25) is 0 Å². The first-order valence-corrected chi connectivity index (χ1v) is 6.62. The number of carboxylic acid groups (broad SMARTS) is 1. The maximum Gasteiger partial charge on any atom is 0.358 e. The topological polar surface area (TPSA) is 110 Å². The SMILES string of the molecule is O=C(Cn1cc(C(=O)O)nn1)NC1CCCc2occc21. The molecule has 1 aliphatic carbocycles. The molecule has 0 aliphatic heterocycles. The van der Waals surface area contributed by atoms with Crippen molar-refractivity contribution in [2.45, 2.75) is 31.8 Å². The number of furan rings is 1. The molecule has 3 rings (SSSR count). The van der Waals surface area contributed by atoms with Crippen LogP contribution in [0.15, 0.2) is 22.9 Å². The molecule has 0 spiro atoms. The van der Waals surface area contributed by atoms with Gasteiger partial charge < -0.3 is 14.8 Å². The van der Waals surface area contributed by atoms with Gasteiger partial charge in [0.25, 0.3) is 0 Å². The second kappa shape index (κ2) is 5.39. The van der Waals surface area contributed by atoms with Crippen molar-refractivity contribution in [3.05, 3.63) is 35.5 Å². The predicted octanol–water partition coefficient (Wildman–Crippen LogP) is 0.763. The van der Waals surface area contributed by atoms with Crippen molar-refractivity contribution in [2.24, 2.45) is 0 Å². The number of hydrogen-bond donors (Lipinski definition) is 2. The number of aromatic carboxylic acids is 1. The minimum absolute atomic E-state index is 0.0655. The van der Waals surface area contributed by atoms with Gasteiger partial charge in [0.05, 0.1) is 18.5 Å². The van der Waals surface area contributed by atoms with E-state index in [1.807, 2.05) is 6.07 Å². The van der Waals surface area contributed by atoms with Gasteiger partial charge in [0.2, 0.25) is 5.91 Å². The molecule has 2 heterocycles. The molecule has 0 saturated heterocycles. The number of carbonyl (C=O) groups is 2. The van der Waals surface area contributed by atoms with Gasteiger partial charge >= 0.3 is 5.97 Å². The number of fused-ring (bicyclic) bond motifs is 1. The van der Waals surface area contributed by atoms with E-state index in [4.69, 9.17) is 9.52 Å². The number of hydrogen-bond acceptors (Lipinski definition) is 5. The number of aromatic nitrogens is 3. The molecular weight excluding hydrogens is 276 g/mol. The first-order valence-electron chi connectivity index (χ1n) is 6.62. The Hall–Kier alpha value is -2.64. The van der Waals surface area contributed by atoms with Crippen LogP contribution in [-0.2, 0) is 17.8 Å². The minimum Gasteiger partial charge on any atom is -0.476 e. The van der Waals surface area contributed by atoms with Crippen molar-refractivity contribution in [1.29, 1.82) is 0 Å². The summed E-state index contributed by atoms with van der Waals surface area (Å²) in [6.45, 7) is -0.0655. The molecule has 2 aromatic rings. The molecular formula is C13H14N4O4. The second-order valence-corrected chi connectivity index (χ2v) is 4.92. The third-order valence-corrected chi connectivity index (χ3v) is 3.45. The quantitative estimate of drug-likeness (QED) is 0.860. The lowest BCUT2D eigenvalue weighted by molar-refractivity contribution is -0.122. The van der Waals surface area contributed by atoms with E-state index in [1.54, 1.807) is 6.26 Å². The van der Waals surface area contributed by atoms with Crippen LogP contribution in [0.1, 0.15) is 40.7 Å². The summed E-state index contributed by atoms with van der Waals surface area (Å²) in [5.74, 6) is -0.492. The normalized spacial score (nSPS) is 17.2. The highest BCUT2D eigenvalue weighted by atomic mass is 16.4.